The molecule has 0 amide bonds. The van der Waals surface area contributed by atoms with Gasteiger partial charge in [-0.3, -0.25) is 9.89 Å². The summed E-state index contributed by atoms with van der Waals surface area (Å²) in [6.07, 6.45) is 5.28. The Kier molecular flexibility index (Phi) is 7.02. The van der Waals surface area contributed by atoms with Crippen LogP contribution in [0.2, 0.25) is 0 Å². The molecule has 26 heavy (non-hydrogen) atoms. The molecular formula is C18H29N7S. The average Bonchev–Trinajstić information content (AvgIpc) is 3.42. The van der Waals surface area contributed by atoms with E-state index >= 15 is 0 Å². The third-order valence-electron chi connectivity index (χ3n) is 4.80. The summed E-state index contributed by atoms with van der Waals surface area (Å²) in [4.78, 5) is 8.37. The highest BCUT2D eigenvalue weighted by Gasteiger charge is 2.24. The van der Waals surface area contributed by atoms with Gasteiger partial charge in [0.1, 0.15) is 12.2 Å². The van der Waals surface area contributed by atoms with Crippen molar-refractivity contribution in [2.24, 2.45) is 4.99 Å². The summed E-state index contributed by atoms with van der Waals surface area (Å²) in [5.74, 6) is 1.86. The van der Waals surface area contributed by atoms with Gasteiger partial charge in [0, 0.05) is 38.0 Å². The molecule has 7 nitrogen and oxygen atoms in total. The van der Waals surface area contributed by atoms with Crippen LogP contribution < -0.4 is 10.6 Å². The first-order valence-corrected chi connectivity index (χ1v) is 10.3. The van der Waals surface area contributed by atoms with Gasteiger partial charge in [-0.15, -0.1) is 21.5 Å². The molecule has 2 aromatic rings. The molecule has 0 saturated carbocycles. The van der Waals surface area contributed by atoms with Gasteiger partial charge in [0.25, 0.3) is 0 Å². The molecule has 3 heterocycles. The molecule has 0 spiro atoms. The van der Waals surface area contributed by atoms with E-state index in [-0.39, 0.29) is 0 Å². The van der Waals surface area contributed by atoms with Crippen LogP contribution in [0.4, 0.5) is 0 Å². The number of nitrogens with zero attached hydrogens (tertiary/aromatic N) is 5. The highest BCUT2D eigenvalue weighted by molar-refractivity contribution is 7.10. The number of aromatic nitrogens is 3. The van der Waals surface area contributed by atoms with Crippen LogP contribution in [0.3, 0.4) is 0 Å². The molecule has 1 unspecified atom stereocenters. The van der Waals surface area contributed by atoms with E-state index in [0.29, 0.717) is 6.04 Å². The van der Waals surface area contributed by atoms with E-state index in [2.05, 4.69) is 59.7 Å². The first kappa shape index (κ1) is 18.8. The van der Waals surface area contributed by atoms with Crippen molar-refractivity contribution in [2.75, 3.05) is 33.2 Å². The second-order valence-electron chi connectivity index (χ2n) is 6.45. The Morgan fingerprint density at radius 2 is 2.19 bits per heavy atom. The van der Waals surface area contributed by atoms with Gasteiger partial charge in [-0.05, 0) is 37.4 Å². The van der Waals surface area contributed by atoms with Crippen molar-refractivity contribution < 1.29 is 0 Å². The van der Waals surface area contributed by atoms with Crippen molar-refractivity contribution in [3.8, 4) is 0 Å². The highest BCUT2D eigenvalue weighted by atomic mass is 32.1. The van der Waals surface area contributed by atoms with Crippen molar-refractivity contribution >= 4 is 17.3 Å². The Labute approximate surface area is 159 Å². The summed E-state index contributed by atoms with van der Waals surface area (Å²) in [5, 5.41) is 17.2. The van der Waals surface area contributed by atoms with E-state index in [1.54, 1.807) is 6.33 Å². The maximum atomic E-state index is 4.37. The van der Waals surface area contributed by atoms with Crippen LogP contribution in [0.1, 0.15) is 36.5 Å². The lowest BCUT2D eigenvalue weighted by molar-refractivity contribution is 0.249. The molecule has 0 aliphatic carbocycles. The molecule has 2 aromatic heterocycles. The number of nitrogens with one attached hydrogen (secondary N) is 2. The quantitative estimate of drug-likeness (QED) is 0.545. The third-order valence-corrected chi connectivity index (χ3v) is 5.77. The molecule has 0 bridgehead atoms. The number of aliphatic imine (C=N–C) groups is 1. The minimum absolute atomic E-state index is 0.417. The Bertz CT molecular complexity index is 674. The van der Waals surface area contributed by atoms with Gasteiger partial charge in [-0.1, -0.05) is 13.0 Å². The van der Waals surface area contributed by atoms with E-state index in [9.17, 15) is 0 Å². The third kappa shape index (κ3) is 4.82. The zero-order valence-corrected chi connectivity index (χ0v) is 16.5. The molecule has 1 atom stereocenters. The Balaban J connectivity index is 1.50. The molecule has 1 fully saturated rings. The SMILES string of the molecule is CCc1nncn1CCNC(=NC)NCC(c1cccs1)N1CCCC1. The van der Waals surface area contributed by atoms with Crippen LogP contribution in [0.15, 0.2) is 28.8 Å². The standard InChI is InChI=1S/C18H29N7S/c1-3-17-23-22-14-25(17)11-8-20-18(19-2)21-13-15(16-7-6-12-26-16)24-9-4-5-10-24/h6-7,12,14-15H,3-5,8-11,13H2,1-2H3,(H2,19,20,21). The van der Waals surface area contributed by atoms with Crippen molar-refractivity contribution in [1.82, 2.24) is 30.3 Å². The van der Waals surface area contributed by atoms with Crippen molar-refractivity contribution in [2.45, 2.75) is 38.8 Å². The largest absolute Gasteiger partial charge is 0.355 e. The number of hydrogen-bond acceptors (Lipinski definition) is 5. The number of likely N-dealkylation sites (tertiary alicyclic amines) is 1. The second-order valence-corrected chi connectivity index (χ2v) is 7.43. The maximum Gasteiger partial charge on any atom is 0.191 e. The van der Waals surface area contributed by atoms with Crippen LogP contribution in [0, 0.1) is 0 Å². The number of hydrogen-bond donors (Lipinski definition) is 2. The fourth-order valence-corrected chi connectivity index (χ4v) is 4.25. The van der Waals surface area contributed by atoms with E-state index in [1.807, 2.05) is 18.4 Å². The monoisotopic (exact) mass is 375 g/mol. The Morgan fingerprint density at radius 3 is 2.88 bits per heavy atom. The number of rotatable bonds is 8. The van der Waals surface area contributed by atoms with Gasteiger partial charge >= 0.3 is 0 Å². The summed E-state index contributed by atoms with van der Waals surface area (Å²) in [6, 6.07) is 4.80. The molecule has 142 valence electrons. The molecule has 3 rings (SSSR count). The molecule has 0 aromatic carbocycles. The van der Waals surface area contributed by atoms with Crippen LogP contribution in [-0.2, 0) is 13.0 Å². The van der Waals surface area contributed by atoms with Gasteiger partial charge in [0.2, 0.25) is 0 Å². The Hall–Kier alpha value is -1.93. The summed E-state index contributed by atoms with van der Waals surface area (Å²) in [6.45, 7) is 6.95. The minimum Gasteiger partial charge on any atom is -0.355 e. The van der Waals surface area contributed by atoms with Crippen LogP contribution in [0.25, 0.3) is 0 Å². The van der Waals surface area contributed by atoms with Crippen molar-refractivity contribution in [1.29, 1.82) is 0 Å². The molecule has 1 aliphatic rings. The smallest absolute Gasteiger partial charge is 0.191 e. The predicted octanol–water partition coefficient (Wildman–Crippen LogP) is 1.90. The fourth-order valence-electron chi connectivity index (χ4n) is 3.39. The number of guanidine groups is 1. The number of aryl methyl sites for hydroxylation is 1. The van der Waals surface area contributed by atoms with E-state index in [1.165, 1.54) is 30.8 Å². The van der Waals surface area contributed by atoms with E-state index in [0.717, 1.165) is 37.8 Å². The van der Waals surface area contributed by atoms with Crippen LogP contribution in [-0.4, -0.2) is 58.9 Å². The average molecular weight is 376 g/mol. The van der Waals surface area contributed by atoms with Gasteiger partial charge in [-0.2, -0.15) is 0 Å². The second kappa shape index (κ2) is 9.68. The topological polar surface area (TPSA) is 70.4 Å². The summed E-state index contributed by atoms with van der Waals surface area (Å²) >= 11 is 1.84. The first-order chi connectivity index (χ1) is 12.8. The van der Waals surface area contributed by atoms with Crippen molar-refractivity contribution in [3.05, 3.63) is 34.5 Å². The minimum atomic E-state index is 0.417. The summed E-state index contributed by atoms with van der Waals surface area (Å²) in [5.41, 5.74) is 0. The normalized spacial score (nSPS) is 16.8. The molecule has 2 N–H and O–H groups in total. The first-order valence-electron chi connectivity index (χ1n) is 9.40. The zero-order chi connectivity index (χ0) is 18.2. The van der Waals surface area contributed by atoms with Gasteiger partial charge in [0.15, 0.2) is 5.96 Å². The maximum absolute atomic E-state index is 4.37. The lowest BCUT2D eigenvalue weighted by Gasteiger charge is -2.27. The summed E-state index contributed by atoms with van der Waals surface area (Å²) < 4.78 is 2.08. The number of thiophene rings is 1. The van der Waals surface area contributed by atoms with E-state index in [4.69, 9.17) is 0 Å². The molecular weight excluding hydrogens is 346 g/mol. The predicted molar refractivity (Wildman–Crippen MR) is 107 cm³/mol. The summed E-state index contributed by atoms with van der Waals surface area (Å²) in [7, 11) is 1.82. The zero-order valence-electron chi connectivity index (χ0n) is 15.7. The molecule has 1 saturated heterocycles. The lowest BCUT2D eigenvalue weighted by Crippen LogP contribution is -2.43. The van der Waals surface area contributed by atoms with E-state index < -0.39 is 0 Å². The molecule has 0 radical (unpaired) electrons. The lowest BCUT2D eigenvalue weighted by atomic mass is 10.2. The Morgan fingerprint density at radius 1 is 1.35 bits per heavy atom. The van der Waals surface area contributed by atoms with Gasteiger partial charge in [0.05, 0.1) is 6.04 Å². The van der Waals surface area contributed by atoms with Crippen LogP contribution >= 0.6 is 11.3 Å². The highest BCUT2D eigenvalue weighted by Crippen LogP contribution is 2.27. The molecule has 1 aliphatic heterocycles. The fraction of sp³-hybridized carbons (Fsp3) is 0.611. The molecule has 8 heteroatoms. The van der Waals surface area contributed by atoms with Gasteiger partial charge < -0.3 is 15.2 Å². The van der Waals surface area contributed by atoms with Crippen molar-refractivity contribution in [3.63, 3.8) is 0 Å². The van der Waals surface area contributed by atoms with Gasteiger partial charge in [-0.25, -0.2) is 0 Å². The van der Waals surface area contributed by atoms with Crippen LogP contribution in [0.5, 0.6) is 0 Å².